The van der Waals surface area contributed by atoms with Gasteiger partial charge < -0.3 is 4.74 Å². The van der Waals surface area contributed by atoms with Gasteiger partial charge in [-0.25, -0.2) is 0 Å². The van der Waals surface area contributed by atoms with Crippen molar-refractivity contribution in [1.82, 2.24) is 4.90 Å². The minimum Gasteiger partial charge on any atom is -0.361 e. The molecule has 1 saturated heterocycles. The lowest BCUT2D eigenvalue weighted by atomic mass is 10.1. The van der Waals surface area contributed by atoms with E-state index in [9.17, 15) is 0 Å². The Kier molecular flexibility index (Phi) is 3.31. The molecule has 0 unspecified atom stereocenters. The zero-order valence-electron chi connectivity index (χ0n) is 10.4. The molecule has 1 aliphatic rings. The molecule has 0 aromatic heterocycles. The summed E-state index contributed by atoms with van der Waals surface area (Å²) in [5, 5.41) is 0. The quantitative estimate of drug-likeness (QED) is 0.775. The number of likely N-dealkylation sites (N-methyl/N-ethyl adjacent to an activating group) is 1. The normalized spacial score (nSPS) is 24.8. The molecule has 1 heterocycles. The number of ether oxygens (including phenoxy) is 1. The monoisotopic (exact) mass is 219 g/mol. The second-order valence-corrected chi connectivity index (χ2v) is 5.21. The van der Waals surface area contributed by atoms with Crippen LogP contribution in [0.1, 0.15) is 25.8 Å². The van der Waals surface area contributed by atoms with Crippen molar-refractivity contribution < 1.29 is 4.74 Å². The molecule has 0 spiro atoms. The van der Waals surface area contributed by atoms with Crippen LogP contribution in [0.15, 0.2) is 30.3 Å². The smallest absolute Gasteiger partial charge is 0.111 e. The molecule has 0 saturated carbocycles. The summed E-state index contributed by atoms with van der Waals surface area (Å²) in [6.07, 6.45) is 2.44. The number of nitrogens with zero attached hydrogens (tertiary/aromatic N) is 1. The predicted octanol–water partition coefficient (Wildman–Crippen LogP) is 2.69. The lowest BCUT2D eigenvalue weighted by molar-refractivity contribution is 0.0344. The number of benzene rings is 1. The summed E-state index contributed by atoms with van der Waals surface area (Å²) in [7, 11) is 2.16. The Morgan fingerprint density at radius 1 is 1.31 bits per heavy atom. The molecular weight excluding hydrogens is 198 g/mol. The third-order valence-corrected chi connectivity index (χ3v) is 3.54. The highest BCUT2D eigenvalue weighted by Crippen LogP contribution is 2.27. The van der Waals surface area contributed by atoms with Crippen molar-refractivity contribution in [3.8, 4) is 0 Å². The molecular formula is C14H21NO. The van der Waals surface area contributed by atoms with Crippen LogP contribution in [0, 0.1) is 0 Å². The largest absolute Gasteiger partial charge is 0.361 e. The highest BCUT2D eigenvalue weighted by molar-refractivity contribution is 5.14. The van der Waals surface area contributed by atoms with Crippen LogP contribution in [0.4, 0.5) is 0 Å². The van der Waals surface area contributed by atoms with Gasteiger partial charge >= 0.3 is 0 Å². The lowest BCUT2D eigenvalue weighted by Crippen LogP contribution is -2.41. The third-order valence-electron chi connectivity index (χ3n) is 3.54. The molecule has 0 N–H and O–H groups in total. The fourth-order valence-corrected chi connectivity index (χ4v) is 2.12. The molecule has 0 radical (unpaired) electrons. The fraction of sp³-hybridized carbons (Fsp3) is 0.571. The summed E-state index contributed by atoms with van der Waals surface area (Å²) < 4.78 is 5.83. The van der Waals surface area contributed by atoms with E-state index in [0.29, 0.717) is 0 Å². The van der Waals surface area contributed by atoms with E-state index in [0.717, 1.165) is 19.4 Å². The first-order chi connectivity index (χ1) is 7.59. The van der Waals surface area contributed by atoms with E-state index in [4.69, 9.17) is 4.74 Å². The van der Waals surface area contributed by atoms with Gasteiger partial charge in [-0.2, -0.15) is 0 Å². The third kappa shape index (κ3) is 2.45. The molecule has 0 aliphatic carbocycles. The predicted molar refractivity (Wildman–Crippen MR) is 66.3 cm³/mol. The van der Waals surface area contributed by atoms with Gasteiger partial charge in [-0.3, -0.25) is 4.90 Å². The van der Waals surface area contributed by atoms with Crippen LogP contribution >= 0.6 is 0 Å². The van der Waals surface area contributed by atoms with E-state index in [1.54, 1.807) is 0 Å². The van der Waals surface area contributed by atoms with Crippen LogP contribution < -0.4 is 0 Å². The second-order valence-electron chi connectivity index (χ2n) is 5.21. The molecule has 0 amide bonds. The van der Waals surface area contributed by atoms with Gasteiger partial charge in [0.2, 0.25) is 0 Å². The highest BCUT2D eigenvalue weighted by atomic mass is 16.5. The lowest BCUT2D eigenvalue weighted by Gasteiger charge is -2.28. The molecule has 2 nitrogen and oxygen atoms in total. The minimum atomic E-state index is 0.182. The maximum Gasteiger partial charge on any atom is 0.111 e. The summed E-state index contributed by atoms with van der Waals surface area (Å²) in [5.41, 5.74) is 1.57. The molecule has 16 heavy (non-hydrogen) atoms. The Bertz CT molecular complexity index is 334. The number of hydrogen-bond acceptors (Lipinski definition) is 2. The van der Waals surface area contributed by atoms with Gasteiger partial charge in [0.05, 0.1) is 6.61 Å². The van der Waals surface area contributed by atoms with Gasteiger partial charge in [-0.1, -0.05) is 30.3 Å². The first kappa shape index (κ1) is 11.6. The first-order valence-electron chi connectivity index (χ1n) is 5.98. The van der Waals surface area contributed by atoms with Crippen molar-refractivity contribution >= 4 is 0 Å². The van der Waals surface area contributed by atoms with Crippen LogP contribution in [-0.2, 0) is 11.2 Å². The zero-order chi connectivity index (χ0) is 11.6. The molecule has 88 valence electrons. The topological polar surface area (TPSA) is 12.5 Å². The van der Waals surface area contributed by atoms with Gasteiger partial charge in [0.25, 0.3) is 0 Å². The molecule has 0 bridgehead atoms. The molecule has 1 aliphatic heterocycles. The molecule has 2 rings (SSSR count). The highest BCUT2D eigenvalue weighted by Gasteiger charge is 2.36. The Morgan fingerprint density at radius 3 is 2.56 bits per heavy atom. The minimum absolute atomic E-state index is 0.182. The molecule has 1 aromatic rings. The average molecular weight is 219 g/mol. The summed E-state index contributed by atoms with van der Waals surface area (Å²) in [5.74, 6) is 0. The van der Waals surface area contributed by atoms with Crippen molar-refractivity contribution in [2.24, 2.45) is 0 Å². The second kappa shape index (κ2) is 4.56. The van der Waals surface area contributed by atoms with E-state index in [1.807, 2.05) is 0 Å². The molecule has 1 aromatic carbocycles. The van der Waals surface area contributed by atoms with Crippen molar-refractivity contribution in [2.75, 3.05) is 13.7 Å². The summed E-state index contributed by atoms with van der Waals surface area (Å²) >= 11 is 0. The summed E-state index contributed by atoms with van der Waals surface area (Å²) in [6.45, 7) is 5.30. The Balaban J connectivity index is 1.88. The SMILES string of the molecule is CN1[C@@H](CCc2ccccc2)OCC1(C)C. The first-order valence-corrected chi connectivity index (χ1v) is 5.98. The van der Waals surface area contributed by atoms with Crippen molar-refractivity contribution in [2.45, 2.75) is 38.5 Å². The number of aryl methyl sites for hydroxylation is 1. The Labute approximate surface area is 98.2 Å². The van der Waals surface area contributed by atoms with Crippen LogP contribution in [0.5, 0.6) is 0 Å². The maximum absolute atomic E-state index is 5.83. The molecule has 1 fully saturated rings. The molecule has 2 heteroatoms. The van der Waals surface area contributed by atoms with E-state index in [1.165, 1.54) is 5.56 Å². The Hall–Kier alpha value is -0.860. The van der Waals surface area contributed by atoms with E-state index >= 15 is 0 Å². The van der Waals surface area contributed by atoms with Gasteiger partial charge in [-0.15, -0.1) is 0 Å². The van der Waals surface area contributed by atoms with Gasteiger partial charge in [0.15, 0.2) is 0 Å². The number of hydrogen-bond donors (Lipinski definition) is 0. The van der Waals surface area contributed by atoms with E-state index in [2.05, 4.69) is 56.1 Å². The van der Waals surface area contributed by atoms with E-state index in [-0.39, 0.29) is 11.8 Å². The van der Waals surface area contributed by atoms with E-state index < -0.39 is 0 Å². The molecule has 1 atom stereocenters. The van der Waals surface area contributed by atoms with Gasteiger partial charge in [0, 0.05) is 5.54 Å². The van der Waals surface area contributed by atoms with Crippen LogP contribution in [0.3, 0.4) is 0 Å². The summed E-state index contributed by atoms with van der Waals surface area (Å²) in [6, 6.07) is 10.6. The van der Waals surface area contributed by atoms with Crippen LogP contribution in [0.25, 0.3) is 0 Å². The van der Waals surface area contributed by atoms with Gasteiger partial charge in [-0.05, 0) is 39.3 Å². The standard InChI is InChI=1S/C14H21NO/c1-14(2)11-16-13(15(14)3)10-9-12-7-5-4-6-8-12/h4-8,13H,9-11H2,1-3H3/t13-/m1/s1. The zero-order valence-corrected chi connectivity index (χ0v) is 10.4. The summed E-state index contributed by atoms with van der Waals surface area (Å²) in [4.78, 5) is 2.34. The maximum atomic E-state index is 5.83. The number of rotatable bonds is 3. The van der Waals surface area contributed by atoms with Crippen LogP contribution in [-0.4, -0.2) is 30.3 Å². The van der Waals surface area contributed by atoms with Gasteiger partial charge in [0.1, 0.15) is 6.23 Å². The van der Waals surface area contributed by atoms with Crippen molar-refractivity contribution in [3.05, 3.63) is 35.9 Å². The van der Waals surface area contributed by atoms with Crippen molar-refractivity contribution in [3.63, 3.8) is 0 Å². The van der Waals surface area contributed by atoms with Crippen LogP contribution in [0.2, 0.25) is 0 Å². The fourth-order valence-electron chi connectivity index (χ4n) is 2.12. The average Bonchev–Trinajstić information content (AvgIpc) is 2.54. The Morgan fingerprint density at radius 2 is 2.00 bits per heavy atom. The van der Waals surface area contributed by atoms with Crippen molar-refractivity contribution in [1.29, 1.82) is 0 Å².